The smallest absolute Gasteiger partial charge is 0.247 e. The Bertz CT molecular complexity index is 2650. The first-order chi connectivity index (χ1) is 30.2. The number of aromatic nitrogens is 4. The van der Waals surface area contributed by atoms with E-state index in [9.17, 15) is 4.79 Å². The molecule has 0 aliphatic carbocycles. The average Bonchev–Trinajstić information content (AvgIpc) is 3.53. The van der Waals surface area contributed by atoms with Crippen molar-refractivity contribution in [3.63, 3.8) is 0 Å². The molecule has 0 unspecified atom stereocenters. The molecule has 0 bridgehead atoms. The molecule has 1 saturated heterocycles. The highest BCUT2D eigenvalue weighted by Gasteiger charge is 2.20. The van der Waals surface area contributed by atoms with Crippen molar-refractivity contribution in [1.82, 2.24) is 24.6 Å². The molecule has 1 fully saturated rings. The van der Waals surface area contributed by atoms with Crippen LogP contribution in [0, 0.1) is 0 Å². The highest BCUT2D eigenvalue weighted by molar-refractivity contribution is 6.02. The third-order valence-corrected chi connectivity index (χ3v) is 4.77. The molecule has 212 valence electrons. The van der Waals surface area contributed by atoms with Gasteiger partial charge in [0.2, 0.25) is 11.9 Å². The van der Waals surface area contributed by atoms with E-state index >= 15 is 0 Å². The van der Waals surface area contributed by atoms with Crippen LogP contribution in [0.25, 0.3) is 17.1 Å². The van der Waals surface area contributed by atoms with Crippen LogP contribution in [0.15, 0.2) is 73.3 Å². The first-order valence-electron chi connectivity index (χ1n) is 24.0. The van der Waals surface area contributed by atoms with Gasteiger partial charge in [0.1, 0.15) is 5.75 Å². The van der Waals surface area contributed by atoms with E-state index in [4.69, 9.17) is 40.4 Å². The van der Waals surface area contributed by atoms with Crippen LogP contribution in [0.5, 0.6) is 5.75 Å². The molecular formula is C30H34N8O3. The summed E-state index contributed by atoms with van der Waals surface area (Å²) >= 11 is 0. The largest absolute Gasteiger partial charge is 0.494 e. The molecule has 0 saturated carbocycles. The Balaban J connectivity index is 1.89. The van der Waals surface area contributed by atoms with Crippen LogP contribution in [0.3, 0.4) is 0 Å². The number of morpholine rings is 1. The number of hydrogen-bond acceptors (Lipinski definition) is 9. The van der Waals surface area contributed by atoms with Gasteiger partial charge in [-0.25, -0.2) is 9.67 Å². The van der Waals surface area contributed by atoms with Crippen LogP contribution >= 0.6 is 0 Å². The third-order valence-electron chi connectivity index (χ3n) is 4.77. The SMILES string of the molecule is [2H]c1nc(Nc2c([2H])c(NC(=O)C=C)c(N3C([2H])([2H])C([2H])([2H])OC([2H])([2H])C3([2H])[2H])c([2H])c2OC([2H])([2H])[2H])nc(-n2nc(-c3c([2H])c([2H])c([2H])c([2H])c3[2H])c(C([2H])([2H])N(C)C([2H])([2H])[2H])c2[2H])c1[2H]. The zero-order valence-corrected chi connectivity index (χ0v) is 20.7. The monoisotopic (exact) mass is 580 g/mol. The first kappa shape index (κ1) is 10.3. The van der Waals surface area contributed by atoms with E-state index in [0.717, 1.165) is 7.05 Å². The number of carbonyl (C=O) groups is 1. The minimum Gasteiger partial charge on any atom is -0.494 e. The second kappa shape index (κ2) is 12.6. The molecular weight excluding hydrogens is 520 g/mol. The normalized spacial score (nSPS) is 28.3. The Morgan fingerprint density at radius 3 is 2.88 bits per heavy atom. The van der Waals surface area contributed by atoms with Crippen LogP contribution in [-0.2, 0) is 16.0 Å². The van der Waals surface area contributed by atoms with Crippen molar-refractivity contribution in [2.45, 2.75) is 6.50 Å². The van der Waals surface area contributed by atoms with Crippen LogP contribution in [0.4, 0.5) is 23.0 Å². The minimum absolute atomic E-state index is 0.145. The maximum Gasteiger partial charge on any atom is 0.247 e. The van der Waals surface area contributed by atoms with Gasteiger partial charge in [0, 0.05) is 61.9 Å². The van der Waals surface area contributed by atoms with Gasteiger partial charge in [0.15, 0.2) is 5.82 Å². The summed E-state index contributed by atoms with van der Waals surface area (Å²) in [4.78, 5) is 20.4. The summed E-state index contributed by atoms with van der Waals surface area (Å²) in [6, 6.07) is -8.62. The lowest BCUT2D eigenvalue weighted by Gasteiger charge is -2.31. The second-order valence-electron chi connectivity index (χ2n) is 7.49. The molecule has 11 nitrogen and oxygen atoms in total. The number of anilines is 4. The Labute approximate surface area is 276 Å². The molecule has 3 heterocycles. The van der Waals surface area contributed by atoms with Crippen LogP contribution in [-0.4, -0.2) is 77.7 Å². The van der Waals surface area contributed by atoms with E-state index in [1.165, 1.54) is 0 Å². The average molecular weight is 581 g/mol. The standard InChI is InChI=1S/C30H34N8O3/c1-5-28(39)32-23-17-24(26(40-4)18-25(23)37-13-15-41-16-14-37)33-30-31-12-11-27(34-30)38-20-22(19-36(2)3)29(35-38)21-9-7-6-8-10-21/h5-12,17-18,20H,1,13-16,19H2,2-4H3,(H,32,39)(H,31,33,34)/i2D3,4D3,6D,7D,8D,9D,10D,11D,12D,13D2,14D2,15D2,16D2,17D,18D,19D2,20D. The summed E-state index contributed by atoms with van der Waals surface area (Å²) in [7, 11) is -2.86. The summed E-state index contributed by atoms with van der Waals surface area (Å²) in [6.45, 7) is -18.7. The zero-order valence-electron chi connectivity index (χ0n) is 46.7. The van der Waals surface area contributed by atoms with E-state index in [1.54, 1.807) is 0 Å². The highest BCUT2D eigenvalue weighted by atomic mass is 16.5. The Kier molecular flexibility index (Phi) is 3.16. The van der Waals surface area contributed by atoms with Crippen molar-refractivity contribution in [3.05, 3.63) is 78.9 Å². The van der Waals surface area contributed by atoms with E-state index in [1.807, 2.05) is 5.32 Å². The lowest BCUT2D eigenvalue weighted by molar-refractivity contribution is -0.111. The number of hydrogen-bond donors (Lipinski definition) is 2. The summed E-state index contributed by atoms with van der Waals surface area (Å²) in [5.74, 6) is -4.64. The maximum absolute atomic E-state index is 12.8. The van der Waals surface area contributed by atoms with Gasteiger partial charge < -0.3 is 29.9 Å². The molecule has 2 aromatic carbocycles. The Morgan fingerprint density at radius 1 is 1.29 bits per heavy atom. The van der Waals surface area contributed by atoms with Gasteiger partial charge >= 0.3 is 0 Å². The number of nitrogens with one attached hydrogen (secondary N) is 2. The number of nitrogens with zero attached hydrogens (tertiary/aromatic N) is 6. The summed E-state index contributed by atoms with van der Waals surface area (Å²) in [6.07, 6.45) is -1.73. The van der Waals surface area contributed by atoms with Gasteiger partial charge in [0.05, 0.1) is 71.7 Å². The molecule has 2 aromatic heterocycles. The van der Waals surface area contributed by atoms with E-state index in [2.05, 4.69) is 31.7 Å². The molecule has 11 heteroatoms. The molecule has 1 aliphatic rings. The molecule has 1 amide bonds. The fourth-order valence-electron chi connectivity index (χ4n) is 3.15. The molecule has 41 heavy (non-hydrogen) atoms. The summed E-state index contributed by atoms with van der Waals surface area (Å²) < 4.78 is 227. The number of ether oxygens (including phenoxy) is 2. The number of methoxy groups -OCH3 is 1. The van der Waals surface area contributed by atoms with Crippen molar-refractivity contribution in [2.24, 2.45) is 0 Å². The number of rotatable bonds is 10. The molecule has 0 atom stereocenters. The Hall–Kier alpha value is -4.74. The van der Waals surface area contributed by atoms with Gasteiger partial charge in [-0.1, -0.05) is 36.8 Å². The predicted molar refractivity (Wildman–Crippen MR) is 160 cm³/mol. The lowest BCUT2D eigenvalue weighted by Crippen LogP contribution is -2.36. The molecule has 0 spiro atoms. The number of benzene rings is 2. The van der Waals surface area contributed by atoms with Crippen LogP contribution < -0.4 is 20.3 Å². The molecule has 0 radical (unpaired) electrons. The number of amides is 1. The zero-order chi connectivity index (χ0) is 51.4. The fourth-order valence-corrected chi connectivity index (χ4v) is 3.15. The van der Waals surface area contributed by atoms with Crippen molar-refractivity contribution in [2.75, 3.05) is 62.7 Å². The highest BCUT2D eigenvalue weighted by Crippen LogP contribution is 2.38. The third kappa shape index (κ3) is 6.53. The summed E-state index contributed by atoms with van der Waals surface area (Å²) in [5.41, 5.74) is -6.47. The van der Waals surface area contributed by atoms with Gasteiger partial charge in [-0.3, -0.25) is 4.79 Å². The van der Waals surface area contributed by atoms with Gasteiger partial charge in [0.25, 0.3) is 0 Å². The number of carbonyl (C=O) groups excluding carboxylic acids is 1. The molecule has 1 aliphatic heterocycles. The topological polar surface area (TPSA) is 110 Å². The van der Waals surface area contributed by atoms with E-state index in [0.29, 0.717) is 10.8 Å². The molecule has 2 N–H and O–H groups in total. The van der Waals surface area contributed by atoms with Gasteiger partial charge in [-0.2, -0.15) is 10.1 Å². The fraction of sp³-hybridized carbons (Fsp3) is 0.267. The predicted octanol–water partition coefficient (Wildman–Crippen LogP) is 4.10. The lowest BCUT2D eigenvalue weighted by atomic mass is 10.1. The van der Waals surface area contributed by atoms with Crippen LogP contribution in [0.1, 0.15) is 41.2 Å². The molecule has 4 aromatic rings. The van der Waals surface area contributed by atoms with E-state index < -0.39 is 165 Å². The van der Waals surface area contributed by atoms with E-state index in [-0.39, 0.29) is 9.80 Å². The first-order valence-corrected chi connectivity index (χ1v) is 11.0. The van der Waals surface area contributed by atoms with Gasteiger partial charge in [-0.05, 0) is 26.1 Å². The maximum atomic E-state index is 12.8. The minimum atomic E-state index is -3.87. The van der Waals surface area contributed by atoms with Crippen molar-refractivity contribution < 1.29 is 49.9 Å². The van der Waals surface area contributed by atoms with Crippen molar-refractivity contribution in [1.29, 1.82) is 0 Å². The van der Waals surface area contributed by atoms with Crippen molar-refractivity contribution >= 4 is 28.9 Å². The Morgan fingerprint density at radius 2 is 2.12 bits per heavy atom. The summed E-state index contributed by atoms with van der Waals surface area (Å²) in [5, 5.41) is 8.30. The quantitative estimate of drug-likeness (QED) is 0.268. The second-order valence-corrected chi connectivity index (χ2v) is 7.49. The van der Waals surface area contributed by atoms with Gasteiger partial charge in [-0.15, -0.1) is 0 Å². The van der Waals surface area contributed by atoms with Crippen molar-refractivity contribution in [3.8, 4) is 22.8 Å². The molecule has 5 rings (SSSR count). The van der Waals surface area contributed by atoms with Crippen LogP contribution in [0.2, 0.25) is 0 Å².